The average Bonchev–Trinajstić information content (AvgIpc) is 3.29. The molecule has 0 bridgehead atoms. The number of amides is 1. The second kappa shape index (κ2) is 5.60. The molecule has 0 atom stereocenters. The van der Waals surface area contributed by atoms with Crippen LogP contribution in [0.25, 0.3) is 28.3 Å². The lowest BCUT2D eigenvalue weighted by atomic mass is 10.3. The second-order valence-corrected chi connectivity index (χ2v) is 6.69. The fourth-order valence-corrected chi connectivity index (χ4v) is 3.69. The first-order chi connectivity index (χ1) is 12.7. The van der Waals surface area contributed by atoms with Crippen LogP contribution in [0.3, 0.4) is 0 Å². The highest BCUT2D eigenvalue weighted by molar-refractivity contribution is 7.99. The number of primary amides is 1. The number of nitrogens with zero attached hydrogens (tertiary/aromatic N) is 6. The number of fused-ring (bicyclic) bond motifs is 5. The van der Waals surface area contributed by atoms with E-state index in [0.29, 0.717) is 10.9 Å². The summed E-state index contributed by atoms with van der Waals surface area (Å²) in [5.74, 6) is 1.04. The van der Waals surface area contributed by atoms with E-state index in [1.165, 1.54) is 11.8 Å². The van der Waals surface area contributed by atoms with Gasteiger partial charge in [-0.2, -0.15) is 4.52 Å². The van der Waals surface area contributed by atoms with Gasteiger partial charge < -0.3 is 5.73 Å². The zero-order valence-corrected chi connectivity index (χ0v) is 14.3. The minimum atomic E-state index is -0.408. The van der Waals surface area contributed by atoms with Crippen molar-refractivity contribution in [3.05, 3.63) is 54.6 Å². The van der Waals surface area contributed by atoms with E-state index >= 15 is 0 Å². The zero-order valence-electron chi connectivity index (χ0n) is 13.5. The molecule has 0 radical (unpaired) electrons. The molecule has 0 fully saturated rings. The summed E-state index contributed by atoms with van der Waals surface area (Å²) in [6, 6.07) is 18.1. The van der Waals surface area contributed by atoms with E-state index in [4.69, 9.17) is 10.8 Å². The fraction of sp³-hybridized carbons (Fsp3) is 0.0588. The van der Waals surface area contributed by atoms with Gasteiger partial charge >= 0.3 is 0 Å². The Morgan fingerprint density at radius 3 is 2.46 bits per heavy atom. The number of nitrogens with two attached hydrogens (primary N) is 1. The molecule has 26 heavy (non-hydrogen) atoms. The van der Waals surface area contributed by atoms with Crippen molar-refractivity contribution in [1.29, 1.82) is 0 Å². The molecule has 128 valence electrons. The quantitative estimate of drug-likeness (QED) is 0.492. The lowest BCUT2D eigenvalue weighted by Crippen LogP contribution is -2.13. The van der Waals surface area contributed by atoms with Gasteiger partial charge in [0.15, 0.2) is 0 Å². The molecule has 2 aromatic carbocycles. The van der Waals surface area contributed by atoms with Crippen LogP contribution in [0.1, 0.15) is 0 Å². The summed E-state index contributed by atoms with van der Waals surface area (Å²) in [4.78, 5) is 11.1. The van der Waals surface area contributed by atoms with Crippen LogP contribution in [0.4, 0.5) is 0 Å². The van der Waals surface area contributed by atoms with Crippen LogP contribution < -0.4 is 5.73 Å². The van der Waals surface area contributed by atoms with Gasteiger partial charge in [0.05, 0.1) is 16.8 Å². The highest BCUT2D eigenvalue weighted by atomic mass is 32.2. The van der Waals surface area contributed by atoms with Crippen LogP contribution in [0.15, 0.2) is 59.8 Å². The summed E-state index contributed by atoms with van der Waals surface area (Å²) < 4.78 is 5.69. The lowest BCUT2D eigenvalue weighted by Gasteiger charge is -2.04. The molecule has 0 saturated heterocycles. The van der Waals surface area contributed by atoms with Crippen LogP contribution >= 0.6 is 11.8 Å². The van der Waals surface area contributed by atoms with Crippen molar-refractivity contribution < 1.29 is 4.79 Å². The number of aromatic nitrogens is 6. The maximum Gasteiger partial charge on any atom is 0.260 e. The molecule has 9 heteroatoms. The van der Waals surface area contributed by atoms with Gasteiger partial charge in [-0.25, -0.2) is 4.40 Å². The van der Waals surface area contributed by atoms with Crippen molar-refractivity contribution in [1.82, 2.24) is 28.8 Å². The van der Waals surface area contributed by atoms with E-state index in [1.54, 1.807) is 4.52 Å². The number of rotatable bonds is 4. The van der Waals surface area contributed by atoms with E-state index in [9.17, 15) is 4.79 Å². The molecule has 0 saturated carbocycles. The Kier molecular flexibility index (Phi) is 3.22. The number of benzene rings is 2. The topological polar surface area (TPSA) is 95.5 Å². The Hall–Kier alpha value is -3.33. The normalized spacial score (nSPS) is 11.7. The standard InChI is InChI=1S/C17H13N7OS/c18-14(25)10-26-17-20-19-15-23-13-9-5-4-8-12(13)22(16(23)21-24(15)17)11-6-2-1-3-7-11/h1-9H,10H2,(H2,18,25). The van der Waals surface area contributed by atoms with Crippen LogP contribution in [0.5, 0.6) is 0 Å². The number of carbonyl (C=O) groups is 1. The summed E-state index contributed by atoms with van der Waals surface area (Å²) >= 11 is 1.22. The molecule has 2 N–H and O–H groups in total. The van der Waals surface area contributed by atoms with Gasteiger partial charge in [-0.05, 0) is 24.3 Å². The van der Waals surface area contributed by atoms with Gasteiger partial charge in [0, 0.05) is 5.69 Å². The highest BCUT2D eigenvalue weighted by Crippen LogP contribution is 2.27. The Bertz CT molecular complexity index is 1270. The predicted octanol–water partition coefficient (Wildman–Crippen LogP) is 1.90. The molecule has 0 unspecified atom stereocenters. The molecule has 0 aliphatic rings. The largest absolute Gasteiger partial charge is 0.369 e. The average molecular weight is 363 g/mol. The summed E-state index contributed by atoms with van der Waals surface area (Å²) in [6.45, 7) is 0. The highest BCUT2D eigenvalue weighted by Gasteiger charge is 2.20. The Morgan fingerprint density at radius 1 is 0.962 bits per heavy atom. The van der Waals surface area contributed by atoms with Gasteiger partial charge in [-0.15, -0.1) is 15.3 Å². The second-order valence-electron chi connectivity index (χ2n) is 5.74. The number of carbonyl (C=O) groups excluding carboxylic acids is 1. The van der Waals surface area contributed by atoms with E-state index in [2.05, 4.69) is 14.8 Å². The van der Waals surface area contributed by atoms with Gasteiger partial charge in [0.25, 0.3) is 5.78 Å². The molecule has 8 nitrogen and oxygen atoms in total. The number of para-hydroxylation sites is 3. The number of imidazole rings is 1. The predicted molar refractivity (Wildman–Crippen MR) is 98.5 cm³/mol. The lowest BCUT2D eigenvalue weighted by molar-refractivity contribution is -0.115. The van der Waals surface area contributed by atoms with Gasteiger partial charge in [-0.1, -0.05) is 42.1 Å². The number of hydrogen-bond acceptors (Lipinski definition) is 5. The van der Waals surface area contributed by atoms with Crippen molar-refractivity contribution in [2.45, 2.75) is 5.16 Å². The van der Waals surface area contributed by atoms with Crippen molar-refractivity contribution in [3.63, 3.8) is 0 Å². The SMILES string of the molecule is NC(=O)CSc1nnc2n1nc1n(-c3ccccc3)c3ccccc3n12. The summed E-state index contributed by atoms with van der Waals surface area (Å²) in [7, 11) is 0. The monoisotopic (exact) mass is 363 g/mol. The summed E-state index contributed by atoms with van der Waals surface area (Å²) in [6.07, 6.45) is 0. The summed E-state index contributed by atoms with van der Waals surface area (Å²) in [5.41, 5.74) is 8.25. The third-order valence-corrected chi connectivity index (χ3v) is 5.05. The first kappa shape index (κ1) is 15.0. The Morgan fingerprint density at radius 2 is 1.69 bits per heavy atom. The Labute approximate surface area is 151 Å². The fourth-order valence-electron chi connectivity index (χ4n) is 3.08. The minimum absolute atomic E-state index is 0.127. The molecule has 0 aliphatic carbocycles. The smallest absolute Gasteiger partial charge is 0.260 e. The van der Waals surface area contributed by atoms with Crippen molar-refractivity contribution in [2.24, 2.45) is 5.73 Å². The molecule has 1 amide bonds. The van der Waals surface area contributed by atoms with Crippen LogP contribution in [0, 0.1) is 0 Å². The molecule has 3 aromatic heterocycles. The molecule has 0 aliphatic heterocycles. The maximum atomic E-state index is 11.1. The zero-order chi connectivity index (χ0) is 17.7. The van der Waals surface area contributed by atoms with Crippen molar-refractivity contribution in [3.8, 4) is 5.69 Å². The maximum absolute atomic E-state index is 11.1. The number of thioether (sulfide) groups is 1. The van der Waals surface area contributed by atoms with Crippen LogP contribution in [-0.4, -0.2) is 40.4 Å². The minimum Gasteiger partial charge on any atom is -0.369 e. The van der Waals surface area contributed by atoms with Crippen LogP contribution in [-0.2, 0) is 4.79 Å². The first-order valence-corrected chi connectivity index (χ1v) is 8.92. The molecular weight excluding hydrogens is 350 g/mol. The summed E-state index contributed by atoms with van der Waals surface area (Å²) in [5, 5.41) is 13.7. The van der Waals surface area contributed by atoms with Crippen molar-refractivity contribution >= 4 is 40.3 Å². The molecule has 3 heterocycles. The van der Waals surface area contributed by atoms with E-state index in [0.717, 1.165) is 22.5 Å². The van der Waals surface area contributed by atoms with Crippen molar-refractivity contribution in [2.75, 3.05) is 5.75 Å². The van der Waals surface area contributed by atoms with Gasteiger partial charge in [0.2, 0.25) is 16.8 Å². The van der Waals surface area contributed by atoms with E-state index in [1.807, 2.05) is 59.0 Å². The Balaban J connectivity index is 1.84. The molecular formula is C17H13N7OS. The molecule has 5 aromatic rings. The number of hydrogen-bond donors (Lipinski definition) is 1. The van der Waals surface area contributed by atoms with Gasteiger partial charge in [-0.3, -0.25) is 9.36 Å². The van der Waals surface area contributed by atoms with Gasteiger partial charge in [0.1, 0.15) is 0 Å². The third kappa shape index (κ3) is 2.10. The van der Waals surface area contributed by atoms with E-state index < -0.39 is 5.91 Å². The third-order valence-electron chi connectivity index (χ3n) is 4.11. The molecule has 5 rings (SSSR count). The molecule has 0 spiro atoms. The van der Waals surface area contributed by atoms with Crippen LogP contribution in [0.2, 0.25) is 0 Å². The van der Waals surface area contributed by atoms with E-state index in [-0.39, 0.29) is 5.75 Å². The first-order valence-electron chi connectivity index (χ1n) is 7.94.